The van der Waals surface area contributed by atoms with Crippen LogP contribution in [-0.4, -0.2) is 54.3 Å². The first-order chi connectivity index (χ1) is 14.4. The fourth-order valence-corrected chi connectivity index (χ4v) is 3.31. The first kappa shape index (κ1) is 21.3. The molecule has 30 heavy (non-hydrogen) atoms. The van der Waals surface area contributed by atoms with Gasteiger partial charge < -0.3 is 19.3 Å². The van der Waals surface area contributed by atoms with Crippen LogP contribution in [0.4, 0.5) is 11.4 Å². The zero-order valence-corrected chi connectivity index (χ0v) is 17.0. The molecule has 0 saturated carbocycles. The van der Waals surface area contributed by atoms with E-state index in [1.807, 2.05) is 24.3 Å². The van der Waals surface area contributed by atoms with Crippen LogP contribution in [0.2, 0.25) is 0 Å². The van der Waals surface area contributed by atoms with E-state index in [2.05, 4.69) is 4.90 Å². The number of ether oxygens (including phenoxy) is 1. The summed E-state index contributed by atoms with van der Waals surface area (Å²) < 4.78 is 5.61. The maximum Gasteiger partial charge on any atom is 0.269 e. The van der Waals surface area contributed by atoms with Gasteiger partial charge >= 0.3 is 0 Å². The van der Waals surface area contributed by atoms with E-state index in [0.29, 0.717) is 44.8 Å². The fraction of sp³-hybridized carbons (Fsp3) is 0.364. The van der Waals surface area contributed by atoms with Gasteiger partial charge in [-0.25, -0.2) is 0 Å². The lowest BCUT2D eigenvalue weighted by Gasteiger charge is -2.36. The minimum Gasteiger partial charge on any atom is -0.484 e. The number of amides is 1. The van der Waals surface area contributed by atoms with Crippen LogP contribution in [0, 0.1) is 10.1 Å². The molecule has 0 spiro atoms. The van der Waals surface area contributed by atoms with Gasteiger partial charge in [0.25, 0.3) is 11.6 Å². The van der Waals surface area contributed by atoms with Gasteiger partial charge in [-0.05, 0) is 43.2 Å². The molecule has 1 amide bonds. The number of Topliss-reactive ketones (excluding diaryl/α,β-unsaturated/α-hetero) is 1. The zero-order chi connectivity index (χ0) is 21.5. The number of non-ortho nitro benzene ring substituents is 1. The standard InChI is InChI=1S/C22H25N3O5/c1-17(26)2-3-18-4-10-21(11-5-18)30-16-22(27)24-14-12-23(13-15-24)19-6-8-20(9-7-19)25(28)29/h4-11H,2-3,12-16H2,1H3. The van der Waals surface area contributed by atoms with Gasteiger partial charge in [-0.1, -0.05) is 12.1 Å². The molecule has 0 bridgehead atoms. The SMILES string of the molecule is CC(=O)CCc1ccc(OCC(=O)N2CCN(c3ccc([N+](=O)[O-])cc3)CC2)cc1. The molecule has 3 rings (SSSR count). The van der Waals surface area contributed by atoms with Crippen LogP contribution in [0.15, 0.2) is 48.5 Å². The minimum atomic E-state index is -0.417. The summed E-state index contributed by atoms with van der Waals surface area (Å²) in [5, 5.41) is 10.8. The zero-order valence-electron chi connectivity index (χ0n) is 17.0. The summed E-state index contributed by atoms with van der Waals surface area (Å²) in [6.07, 6.45) is 1.22. The molecule has 158 valence electrons. The maximum absolute atomic E-state index is 12.4. The normalized spacial score (nSPS) is 13.8. The van der Waals surface area contributed by atoms with Crippen molar-refractivity contribution >= 4 is 23.1 Å². The number of hydrogen-bond acceptors (Lipinski definition) is 6. The average Bonchev–Trinajstić information content (AvgIpc) is 2.77. The monoisotopic (exact) mass is 411 g/mol. The summed E-state index contributed by atoms with van der Waals surface area (Å²) in [7, 11) is 0. The van der Waals surface area contributed by atoms with E-state index in [9.17, 15) is 19.7 Å². The number of hydrogen-bond donors (Lipinski definition) is 0. The third-order valence-corrected chi connectivity index (χ3v) is 5.11. The number of anilines is 1. The van der Waals surface area contributed by atoms with Crippen LogP contribution < -0.4 is 9.64 Å². The van der Waals surface area contributed by atoms with Crippen molar-refractivity contribution in [2.75, 3.05) is 37.7 Å². The van der Waals surface area contributed by atoms with Crippen molar-refractivity contribution in [1.82, 2.24) is 4.90 Å². The van der Waals surface area contributed by atoms with Gasteiger partial charge in [-0.2, -0.15) is 0 Å². The third-order valence-electron chi connectivity index (χ3n) is 5.11. The van der Waals surface area contributed by atoms with Gasteiger partial charge in [0.15, 0.2) is 6.61 Å². The lowest BCUT2D eigenvalue weighted by atomic mass is 10.1. The molecule has 2 aromatic carbocycles. The number of nitrogens with zero attached hydrogens (tertiary/aromatic N) is 3. The smallest absolute Gasteiger partial charge is 0.269 e. The molecule has 0 atom stereocenters. The summed E-state index contributed by atoms with van der Waals surface area (Å²) in [6.45, 7) is 4.02. The van der Waals surface area contributed by atoms with Crippen LogP contribution in [0.1, 0.15) is 18.9 Å². The van der Waals surface area contributed by atoms with Crippen molar-refractivity contribution in [3.05, 3.63) is 64.2 Å². The Morgan fingerprint density at radius 3 is 2.20 bits per heavy atom. The topological polar surface area (TPSA) is 93.0 Å². The summed E-state index contributed by atoms with van der Waals surface area (Å²) in [4.78, 5) is 37.7. The van der Waals surface area contributed by atoms with E-state index in [0.717, 1.165) is 11.3 Å². The van der Waals surface area contributed by atoms with E-state index < -0.39 is 4.92 Å². The molecule has 8 heteroatoms. The Balaban J connectivity index is 1.44. The molecule has 0 aromatic heterocycles. The number of ketones is 1. The minimum absolute atomic E-state index is 0.0235. The highest BCUT2D eigenvalue weighted by atomic mass is 16.6. The van der Waals surface area contributed by atoms with E-state index in [4.69, 9.17) is 4.74 Å². The Morgan fingerprint density at radius 2 is 1.63 bits per heavy atom. The number of benzene rings is 2. The van der Waals surface area contributed by atoms with E-state index in [1.54, 1.807) is 24.0 Å². The molecule has 2 aromatic rings. The summed E-state index contributed by atoms with van der Waals surface area (Å²) in [5.74, 6) is 0.716. The van der Waals surface area contributed by atoms with Crippen molar-refractivity contribution in [3.63, 3.8) is 0 Å². The van der Waals surface area contributed by atoms with Gasteiger partial charge in [0.05, 0.1) is 4.92 Å². The van der Waals surface area contributed by atoms with Gasteiger partial charge in [-0.15, -0.1) is 0 Å². The Hall–Kier alpha value is -3.42. The predicted molar refractivity (Wildman–Crippen MR) is 113 cm³/mol. The lowest BCUT2D eigenvalue weighted by molar-refractivity contribution is -0.384. The molecule has 0 N–H and O–H groups in total. The number of piperazine rings is 1. The Kier molecular flexibility index (Phi) is 7.00. The van der Waals surface area contributed by atoms with Crippen molar-refractivity contribution in [1.29, 1.82) is 0 Å². The van der Waals surface area contributed by atoms with E-state index in [-0.39, 0.29) is 24.0 Å². The first-order valence-corrected chi connectivity index (χ1v) is 9.91. The predicted octanol–water partition coefficient (Wildman–Crippen LogP) is 2.84. The number of nitro groups is 1. The molecule has 1 aliphatic rings. The number of nitro benzene ring substituents is 1. The molecule has 0 radical (unpaired) electrons. The highest BCUT2D eigenvalue weighted by Crippen LogP contribution is 2.21. The molecule has 0 aliphatic carbocycles. The van der Waals surface area contributed by atoms with E-state index in [1.165, 1.54) is 12.1 Å². The van der Waals surface area contributed by atoms with E-state index >= 15 is 0 Å². The molecular formula is C22H25N3O5. The van der Waals surface area contributed by atoms with Crippen LogP contribution in [-0.2, 0) is 16.0 Å². The molecule has 0 unspecified atom stereocenters. The van der Waals surface area contributed by atoms with Crippen molar-refractivity contribution in [2.45, 2.75) is 19.8 Å². The van der Waals surface area contributed by atoms with Crippen molar-refractivity contribution in [2.24, 2.45) is 0 Å². The summed E-state index contributed by atoms with van der Waals surface area (Å²) in [6, 6.07) is 13.9. The largest absolute Gasteiger partial charge is 0.484 e. The fourth-order valence-electron chi connectivity index (χ4n) is 3.31. The molecular weight excluding hydrogens is 386 g/mol. The summed E-state index contributed by atoms with van der Waals surface area (Å²) in [5.41, 5.74) is 2.04. The quantitative estimate of drug-likeness (QED) is 0.490. The van der Waals surface area contributed by atoms with Gasteiger partial charge in [0.2, 0.25) is 0 Å². The molecule has 1 fully saturated rings. The van der Waals surface area contributed by atoms with Gasteiger partial charge in [0, 0.05) is 50.4 Å². The second kappa shape index (κ2) is 9.87. The molecule has 1 heterocycles. The third kappa shape index (κ3) is 5.79. The van der Waals surface area contributed by atoms with Crippen molar-refractivity contribution in [3.8, 4) is 5.75 Å². The second-order valence-electron chi connectivity index (χ2n) is 7.28. The average molecular weight is 411 g/mol. The van der Waals surface area contributed by atoms with Crippen LogP contribution in [0.25, 0.3) is 0 Å². The number of rotatable bonds is 8. The molecule has 8 nitrogen and oxygen atoms in total. The number of carbonyl (C=O) groups excluding carboxylic acids is 2. The summed E-state index contributed by atoms with van der Waals surface area (Å²) >= 11 is 0. The Labute approximate surface area is 175 Å². The maximum atomic E-state index is 12.4. The Bertz CT molecular complexity index is 888. The highest BCUT2D eigenvalue weighted by molar-refractivity contribution is 5.78. The second-order valence-corrected chi connectivity index (χ2v) is 7.28. The lowest BCUT2D eigenvalue weighted by Crippen LogP contribution is -2.50. The van der Waals surface area contributed by atoms with Crippen LogP contribution in [0.3, 0.4) is 0 Å². The van der Waals surface area contributed by atoms with Crippen LogP contribution in [0.5, 0.6) is 5.75 Å². The number of carbonyl (C=O) groups is 2. The van der Waals surface area contributed by atoms with Crippen LogP contribution >= 0.6 is 0 Å². The number of aryl methyl sites for hydroxylation is 1. The molecule has 1 aliphatic heterocycles. The van der Waals surface area contributed by atoms with Crippen molar-refractivity contribution < 1.29 is 19.2 Å². The Morgan fingerprint density at radius 1 is 1.00 bits per heavy atom. The highest BCUT2D eigenvalue weighted by Gasteiger charge is 2.22. The van der Waals surface area contributed by atoms with Gasteiger partial charge in [0.1, 0.15) is 11.5 Å². The molecule has 1 saturated heterocycles. The first-order valence-electron chi connectivity index (χ1n) is 9.91. The van der Waals surface area contributed by atoms with Gasteiger partial charge in [-0.3, -0.25) is 14.9 Å².